The Hall–Kier alpha value is -2.86. The zero-order chi connectivity index (χ0) is 20.3. The van der Waals surface area contributed by atoms with Crippen molar-refractivity contribution >= 4 is 22.4 Å². The highest BCUT2D eigenvalue weighted by Gasteiger charge is 2.25. The number of aromatic nitrogens is 3. The molecule has 1 aliphatic carbocycles. The highest BCUT2D eigenvalue weighted by Crippen LogP contribution is 2.29. The molecule has 0 spiro atoms. The molecule has 0 atom stereocenters. The van der Waals surface area contributed by atoms with Gasteiger partial charge < -0.3 is 10.6 Å². The van der Waals surface area contributed by atoms with Crippen molar-refractivity contribution in [3.63, 3.8) is 0 Å². The van der Waals surface area contributed by atoms with E-state index in [9.17, 15) is 4.79 Å². The van der Waals surface area contributed by atoms with E-state index in [2.05, 4.69) is 38.8 Å². The van der Waals surface area contributed by atoms with E-state index < -0.39 is 0 Å². The Labute approximate surface area is 176 Å². The van der Waals surface area contributed by atoms with E-state index in [1.165, 1.54) is 6.42 Å². The summed E-state index contributed by atoms with van der Waals surface area (Å²) in [4.78, 5) is 26.1. The van der Waals surface area contributed by atoms with E-state index in [1.807, 2.05) is 12.3 Å². The smallest absolute Gasteiger partial charge is 0.145 e. The maximum absolute atomic E-state index is 12.4. The second-order valence-corrected chi connectivity index (χ2v) is 8.47. The molecule has 0 amide bonds. The summed E-state index contributed by atoms with van der Waals surface area (Å²) in [6.07, 6.45) is 11.3. The Kier molecular flexibility index (Phi) is 5.41. The number of piperidine rings is 1. The summed E-state index contributed by atoms with van der Waals surface area (Å²) in [5.41, 5.74) is 2.72. The van der Waals surface area contributed by atoms with Gasteiger partial charge in [0.05, 0.1) is 18.1 Å². The Bertz CT molecular complexity index is 1060. The zero-order valence-corrected chi connectivity index (χ0v) is 17.1. The second-order valence-electron chi connectivity index (χ2n) is 8.47. The van der Waals surface area contributed by atoms with Gasteiger partial charge >= 0.3 is 0 Å². The van der Waals surface area contributed by atoms with Gasteiger partial charge in [-0.25, -0.2) is 4.98 Å². The minimum absolute atomic E-state index is 0.249. The molecule has 2 aromatic heterocycles. The quantitative estimate of drug-likeness (QED) is 0.655. The number of Topliss-reactive ketones (excluding diaryl/α,β-unsaturated/α-hetero) is 1. The number of hydrogen-bond donors (Lipinski definition) is 2. The minimum atomic E-state index is 0.249. The Morgan fingerprint density at radius 2 is 1.90 bits per heavy atom. The van der Waals surface area contributed by atoms with Gasteiger partial charge in [-0.3, -0.25) is 14.8 Å². The van der Waals surface area contributed by atoms with Crippen LogP contribution in [0.5, 0.6) is 0 Å². The van der Waals surface area contributed by atoms with E-state index in [-0.39, 0.29) is 5.92 Å². The number of nitrogens with zero attached hydrogens (tertiary/aromatic N) is 3. The van der Waals surface area contributed by atoms with Gasteiger partial charge in [-0.15, -0.1) is 0 Å². The molecule has 6 nitrogen and oxygen atoms in total. The summed E-state index contributed by atoms with van der Waals surface area (Å²) < 4.78 is 0. The van der Waals surface area contributed by atoms with Crippen LogP contribution in [-0.2, 0) is 11.2 Å². The first-order chi connectivity index (χ1) is 14.7. The van der Waals surface area contributed by atoms with Crippen LogP contribution in [0.3, 0.4) is 0 Å². The normalized spacial score (nSPS) is 17.6. The van der Waals surface area contributed by atoms with Crippen molar-refractivity contribution in [3.05, 3.63) is 48.5 Å². The van der Waals surface area contributed by atoms with Crippen molar-refractivity contribution in [2.75, 3.05) is 18.4 Å². The third-order valence-corrected chi connectivity index (χ3v) is 6.32. The number of rotatable bonds is 6. The van der Waals surface area contributed by atoms with Crippen molar-refractivity contribution in [1.29, 1.82) is 0 Å². The fraction of sp³-hybridized carbons (Fsp3) is 0.417. The van der Waals surface area contributed by atoms with Crippen molar-refractivity contribution in [2.45, 2.75) is 44.6 Å². The van der Waals surface area contributed by atoms with Crippen LogP contribution >= 0.6 is 0 Å². The second kappa shape index (κ2) is 8.48. The molecule has 30 heavy (non-hydrogen) atoms. The highest BCUT2D eigenvalue weighted by atomic mass is 16.1. The van der Waals surface area contributed by atoms with Crippen molar-refractivity contribution in [2.24, 2.45) is 5.92 Å². The van der Waals surface area contributed by atoms with Gasteiger partial charge in [0, 0.05) is 41.2 Å². The lowest BCUT2D eigenvalue weighted by Gasteiger charge is -2.24. The molecule has 2 N–H and O–H groups in total. The Morgan fingerprint density at radius 3 is 2.70 bits per heavy atom. The molecule has 5 rings (SSSR count). The Morgan fingerprint density at radius 1 is 1.03 bits per heavy atom. The molecule has 1 aliphatic heterocycles. The molecule has 2 fully saturated rings. The van der Waals surface area contributed by atoms with Gasteiger partial charge in [0.15, 0.2) is 0 Å². The summed E-state index contributed by atoms with van der Waals surface area (Å²) in [6.45, 7) is 2.07. The molecule has 0 unspecified atom stereocenters. The SMILES string of the molecule is O=C(Cc1cc2cc(-c3cncc(NC4CCNCC4)n3)ccc2cn1)C1CCC1. The van der Waals surface area contributed by atoms with Gasteiger partial charge in [0.1, 0.15) is 11.6 Å². The molecule has 2 aliphatic rings. The van der Waals surface area contributed by atoms with Crippen LogP contribution in [-0.4, -0.2) is 39.9 Å². The van der Waals surface area contributed by atoms with Crippen LogP contribution in [0.25, 0.3) is 22.0 Å². The predicted octanol–water partition coefficient (Wildman–Crippen LogP) is 3.77. The van der Waals surface area contributed by atoms with Crippen LogP contribution in [0.4, 0.5) is 5.82 Å². The van der Waals surface area contributed by atoms with Crippen LogP contribution < -0.4 is 10.6 Å². The lowest BCUT2D eigenvalue weighted by molar-refractivity contribution is -0.124. The number of ketones is 1. The van der Waals surface area contributed by atoms with Crippen molar-refractivity contribution in [3.8, 4) is 11.3 Å². The van der Waals surface area contributed by atoms with Crippen LogP contribution in [0.2, 0.25) is 0 Å². The number of benzene rings is 1. The van der Waals surface area contributed by atoms with Gasteiger partial charge in [0.2, 0.25) is 0 Å². The molecule has 1 saturated carbocycles. The topological polar surface area (TPSA) is 79.8 Å². The molecule has 3 aromatic rings. The summed E-state index contributed by atoms with van der Waals surface area (Å²) >= 11 is 0. The number of carbonyl (C=O) groups excluding carboxylic acids is 1. The molecular weight excluding hydrogens is 374 g/mol. The molecular formula is C24H27N5O. The molecule has 1 aromatic carbocycles. The molecule has 154 valence electrons. The first-order valence-corrected chi connectivity index (χ1v) is 11.0. The number of carbonyl (C=O) groups is 1. The lowest BCUT2D eigenvalue weighted by Crippen LogP contribution is -2.35. The van der Waals surface area contributed by atoms with E-state index in [1.54, 1.807) is 12.4 Å². The van der Waals surface area contributed by atoms with Gasteiger partial charge in [-0.1, -0.05) is 18.6 Å². The minimum Gasteiger partial charge on any atom is -0.366 e. The molecule has 0 bridgehead atoms. The number of nitrogens with one attached hydrogen (secondary N) is 2. The standard InChI is InChI=1S/C24H27N5O/c30-23(16-2-1-3-16)12-21-11-19-10-17(4-5-18(19)13-27-21)22-14-26-15-24(29-22)28-20-6-8-25-9-7-20/h4-5,10-11,13-16,20,25H,1-3,6-9,12H2,(H,28,29). The third kappa shape index (κ3) is 4.19. The molecule has 3 heterocycles. The third-order valence-electron chi connectivity index (χ3n) is 6.32. The van der Waals surface area contributed by atoms with E-state index >= 15 is 0 Å². The number of pyridine rings is 1. The van der Waals surface area contributed by atoms with Gasteiger partial charge in [0.25, 0.3) is 0 Å². The fourth-order valence-electron chi connectivity index (χ4n) is 4.25. The highest BCUT2D eigenvalue weighted by molar-refractivity contribution is 5.88. The fourth-order valence-corrected chi connectivity index (χ4v) is 4.25. The summed E-state index contributed by atoms with van der Waals surface area (Å²) in [6, 6.07) is 8.71. The summed E-state index contributed by atoms with van der Waals surface area (Å²) in [7, 11) is 0. The van der Waals surface area contributed by atoms with Crippen molar-refractivity contribution < 1.29 is 4.79 Å². The maximum atomic E-state index is 12.4. The molecule has 6 heteroatoms. The monoisotopic (exact) mass is 401 g/mol. The summed E-state index contributed by atoms with van der Waals surface area (Å²) in [5, 5.41) is 9.05. The maximum Gasteiger partial charge on any atom is 0.145 e. The largest absolute Gasteiger partial charge is 0.366 e. The van der Waals surface area contributed by atoms with E-state index in [0.717, 1.165) is 72.3 Å². The molecule has 1 saturated heterocycles. The Balaban J connectivity index is 1.37. The summed E-state index contributed by atoms with van der Waals surface area (Å²) in [5.74, 6) is 1.40. The predicted molar refractivity (Wildman–Crippen MR) is 118 cm³/mol. The van der Waals surface area contributed by atoms with Gasteiger partial charge in [-0.2, -0.15) is 0 Å². The number of hydrogen-bond acceptors (Lipinski definition) is 6. The average Bonchev–Trinajstić information content (AvgIpc) is 2.73. The van der Waals surface area contributed by atoms with Gasteiger partial charge in [-0.05, 0) is 56.3 Å². The molecule has 0 radical (unpaired) electrons. The first-order valence-electron chi connectivity index (χ1n) is 11.0. The first kappa shape index (κ1) is 19.1. The van der Waals surface area contributed by atoms with E-state index in [0.29, 0.717) is 18.2 Å². The average molecular weight is 402 g/mol. The van der Waals surface area contributed by atoms with Crippen LogP contribution in [0.15, 0.2) is 42.9 Å². The zero-order valence-electron chi connectivity index (χ0n) is 17.1. The van der Waals surface area contributed by atoms with E-state index in [4.69, 9.17) is 4.98 Å². The number of anilines is 1. The lowest BCUT2D eigenvalue weighted by atomic mass is 9.81. The van der Waals surface area contributed by atoms with Crippen molar-refractivity contribution in [1.82, 2.24) is 20.3 Å². The van der Waals surface area contributed by atoms with Crippen LogP contribution in [0.1, 0.15) is 37.8 Å². The van der Waals surface area contributed by atoms with Crippen LogP contribution in [0, 0.1) is 5.92 Å². The number of fused-ring (bicyclic) bond motifs is 1.